The molecule has 1 aromatic carbocycles. The number of rotatable bonds is 3. The highest BCUT2D eigenvalue weighted by Gasteiger charge is 2.39. The molecular weight excluding hydrogens is 308 g/mol. The molecule has 5 heteroatoms. The summed E-state index contributed by atoms with van der Waals surface area (Å²) in [4.78, 5) is 16.7. The van der Waals surface area contributed by atoms with Crippen LogP contribution >= 0.6 is 11.3 Å². The highest BCUT2D eigenvalue weighted by atomic mass is 32.1. The van der Waals surface area contributed by atoms with E-state index in [0.29, 0.717) is 17.6 Å². The van der Waals surface area contributed by atoms with E-state index >= 15 is 0 Å². The number of carbonyl (C=O) groups excluding carboxylic acids is 1. The lowest BCUT2D eigenvalue weighted by Crippen LogP contribution is -2.31. The van der Waals surface area contributed by atoms with E-state index in [1.165, 1.54) is 11.3 Å². The zero-order valence-electron chi connectivity index (χ0n) is 13.1. The van der Waals surface area contributed by atoms with Gasteiger partial charge in [0.2, 0.25) is 0 Å². The first-order chi connectivity index (χ1) is 11.3. The molecule has 2 saturated heterocycles. The Morgan fingerprint density at radius 1 is 1.22 bits per heavy atom. The van der Waals surface area contributed by atoms with Crippen molar-refractivity contribution in [3.8, 4) is 16.2 Å². The van der Waals surface area contributed by atoms with E-state index in [-0.39, 0.29) is 5.91 Å². The molecule has 2 fully saturated rings. The lowest BCUT2D eigenvalue weighted by molar-refractivity contribution is 0.0783. The molecule has 2 atom stereocenters. The zero-order valence-corrected chi connectivity index (χ0v) is 13.9. The molecule has 1 N–H and O–H groups in total. The monoisotopic (exact) mass is 328 g/mol. The molecule has 2 aliphatic rings. The minimum Gasteiger partial charge on any atom is -0.495 e. The van der Waals surface area contributed by atoms with Gasteiger partial charge in [0.1, 0.15) is 10.6 Å². The second kappa shape index (κ2) is 5.98. The van der Waals surface area contributed by atoms with Gasteiger partial charge in [-0.2, -0.15) is 0 Å². The second-order valence-corrected chi connectivity index (χ2v) is 7.31. The second-order valence-electron chi connectivity index (χ2n) is 6.26. The first-order valence-electron chi connectivity index (χ1n) is 7.99. The number of benzene rings is 1. The Morgan fingerprint density at radius 3 is 2.57 bits per heavy atom. The predicted molar refractivity (Wildman–Crippen MR) is 92.1 cm³/mol. The molecule has 4 nitrogen and oxygen atoms in total. The van der Waals surface area contributed by atoms with Crippen molar-refractivity contribution in [1.82, 2.24) is 10.2 Å². The van der Waals surface area contributed by atoms with Crippen molar-refractivity contribution in [2.24, 2.45) is 11.8 Å². The summed E-state index contributed by atoms with van der Waals surface area (Å²) in [5, 5.41) is 3.41. The van der Waals surface area contributed by atoms with Gasteiger partial charge in [0.15, 0.2) is 0 Å². The summed E-state index contributed by atoms with van der Waals surface area (Å²) < 4.78 is 5.47. The Labute approximate surface area is 140 Å². The molecule has 2 aromatic rings. The van der Waals surface area contributed by atoms with E-state index in [1.807, 2.05) is 29.2 Å². The summed E-state index contributed by atoms with van der Waals surface area (Å²) >= 11 is 1.53. The molecule has 0 unspecified atom stereocenters. The van der Waals surface area contributed by atoms with Crippen LogP contribution in [0.15, 0.2) is 36.4 Å². The van der Waals surface area contributed by atoms with E-state index < -0.39 is 0 Å². The van der Waals surface area contributed by atoms with Gasteiger partial charge in [0, 0.05) is 31.1 Å². The van der Waals surface area contributed by atoms with E-state index in [0.717, 1.165) is 41.5 Å². The van der Waals surface area contributed by atoms with Crippen LogP contribution < -0.4 is 10.1 Å². The Hall–Kier alpha value is -1.85. The lowest BCUT2D eigenvalue weighted by atomic mass is 10.0. The number of methoxy groups -OCH3 is 1. The maximum absolute atomic E-state index is 12.9. The number of hydrogen-bond donors (Lipinski definition) is 1. The fraction of sp³-hybridized carbons (Fsp3) is 0.389. The molecule has 23 heavy (non-hydrogen) atoms. The third-order valence-corrected chi connectivity index (χ3v) is 6.00. The average molecular weight is 328 g/mol. The third-order valence-electron chi connectivity index (χ3n) is 4.85. The number of carbonyl (C=O) groups is 1. The molecule has 0 aliphatic carbocycles. The number of likely N-dealkylation sites (tertiary alicyclic amines) is 1. The topological polar surface area (TPSA) is 41.6 Å². The lowest BCUT2D eigenvalue weighted by Gasteiger charge is -2.17. The number of ether oxygens (including phenoxy) is 1. The summed E-state index contributed by atoms with van der Waals surface area (Å²) in [5.74, 6) is 2.02. The smallest absolute Gasteiger partial charge is 0.267 e. The van der Waals surface area contributed by atoms with Crippen molar-refractivity contribution in [1.29, 1.82) is 0 Å². The van der Waals surface area contributed by atoms with Crippen LogP contribution in [0.2, 0.25) is 0 Å². The molecule has 0 bridgehead atoms. The number of fused-ring (bicyclic) bond motifs is 1. The number of nitrogens with one attached hydrogen (secondary N) is 1. The number of thiophene rings is 1. The van der Waals surface area contributed by atoms with Gasteiger partial charge in [-0.15, -0.1) is 11.3 Å². The average Bonchev–Trinajstić information content (AvgIpc) is 3.28. The highest BCUT2D eigenvalue weighted by Crippen LogP contribution is 2.38. The molecule has 0 saturated carbocycles. The molecule has 120 valence electrons. The minimum atomic E-state index is 0.114. The van der Waals surface area contributed by atoms with Crippen LogP contribution in [0, 0.1) is 11.8 Å². The summed E-state index contributed by atoms with van der Waals surface area (Å²) in [6, 6.07) is 12.1. The number of hydrogen-bond acceptors (Lipinski definition) is 4. The van der Waals surface area contributed by atoms with Gasteiger partial charge in [-0.3, -0.25) is 4.79 Å². The molecule has 0 spiro atoms. The Bertz CT molecular complexity index is 701. The zero-order chi connectivity index (χ0) is 15.8. The molecule has 1 aromatic heterocycles. The Morgan fingerprint density at radius 2 is 1.91 bits per heavy atom. The van der Waals surface area contributed by atoms with Gasteiger partial charge in [-0.1, -0.05) is 30.3 Å². The van der Waals surface area contributed by atoms with Crippen molar-refractivity contribution in [3.05, 3.63) is 41.3 Å². The first-order valence-corrected chi connectivity index (χ1v) is 8.81. The van der Waals surface area contributed by atoms with E-state index in [4.69, 9.17) is 4.74 Å². The first kappa shape index (κ1) is 14.7. The van der Waals surface area contributed by atoms with Gasteiger partial charge in [-0.05, 0) is 23.5 Å². The van der Waals surface area contributed by atoms with Crippen LogP contribution in [0.25, 0.3) is 10.4 Å². The normalized spacial score (nSPS) is 23.1. The van der Waals surface area contributed by atoms with Crippen LogP contribution in [-0.2, 0) is 0 Å². The van der Waals surface area contributed by atoms with Gasteiger partial charge >= 0.3 is 0 Å². The third kappa shape index (κ3) is 2.64. The van der Waals surface area contributed by atoms with E-state index in [2.05, 4.69) is 17.4 Å². The Kier molecular flexibility index (Phi) is 3.83. The van der Waals surface area contributed by atoms with Crippen molar-refractivity contribution >= 4 is 17.2 Å². The van der Waals surface area contributed by atoms with Crippen molar-refractivity contribution in [3.63, 3.8) is 0 Å². The van der Waals surface area contributed by atoms with Crippen LogP contribution in [0.1, 0.15) is 9.67 Å². The van der Waals surface area contributed by atoms with Gasteiger partial charge < -0.3 is 15.0 Å². The fourth-order valence-electron chi connectivity index (χ4n) is 3.58. The van der Waals surface area contributed by atoms with E-state index in [9.17, 15) is 4.79 Å². The van der Waals surface area contributed by atoms with Crippen molar-refractivity contribution in [2.45, 2.75) is 0 Å². The maximum Gasteiger partial charge on any atom is 0.267 e. The SMILES string of the molecule is COc1cc(-c2ccccc2)sc1C(=O)N1C[C@H]2CNC[C@H]2C1. The van der Waals surface area contributed by atoms with Crippen LogP contribution in [0.4, 0.5) is 0 Å². The van der Waals surface area contributed by atoms with Crippen molar-refractivity contribution < 1.29 is 9.53 Å². The van der Waals surface area contributed by atoms with Gasteiger partial charge in [0.25, 0.3) is 5.91 Å². The highest BCUT2D eigenvalue weighted by molar-refractivity contribution is 7.17. The number of amides is 1. The summed E-state index contributed by atoms with van der Waals surface area (Å²) in [6.45, 7) is 3.78. The molecule has 1 amide bonds. The molecule has 2 aliphatic heterocycles. The van der Waals surface area contributed by atoms with Crippen LogP contribution in [0.3, 0.4) is 0 Å². The summed E-state index contributed by atoms with van der Waals surface area (Å²) in [6.07, 6.45) is 0. The Balaban J connectivity index is 1.61. The van der Waals surface area contributed by atoms with Gasteiger partial charge in [-0.25, -0.2) is 0 Å². The molecular formula is C18H20N2O2S. The van der Waals surface area contributed by atoms with Gasteiger partial charge in [0.05, 0.1) is 7.11 Å². The fourth-order valence-corrected chi connectivity index (χ4v) is 4.68. The molecule has 3 heterocycles. The maximum atomic E-state index is 12.9. The van der Waals surface area contributed by atoms with Crippen LogP contribution in [0.5, 0.6) is 5.75 Å². The standard InChI is InChI=1S/C18H20N2O2S/c1-22-15-7-16(12-5-3-2-4-6-12)23-17(15)18(21)20-10-13-8-19-9-14(13)11-20/h2-7,13-14,19H,8-11H2,1H3/t13-,14+. The predicted octanol–water partition coefficient (Wildman–Crippen LogP) is 2.72. The summed E-state index contributed by atoms with van der Waals surface area (Å²) in [7, 11) is 1.64. The number of nitrogens with zero attached hydrogens (tertiary/aromatic N) is 1. The van der Waals surface area contributed by atoms with Crippen molar-refractivity contribution in [2.75, 3.05) is 33.3 Å². The molecule has 0 radical (unpaired) electrons. The molecule has 4 rings (SSSR count). The largest absolute Gasteiger partial charge is 0.495 e. The minimum absolute atomic E-state index is 0.114. The van der Waals surface area contributed by atoms with Crippen LogP contribution in [-0.4, -0.2) is 44.1 Å². The quantitative estimate of drug-likeness (QED) is 0.942. The summed E-state index contributed by atoms with van der Waals surface area (Å²) in [5.41, 5.74) is 1.12. The van der Waals surface area contributed by atoms with E-state index in [1.54, 1.807) is 7.11 Å².